The van der Waals surface area contributed by atoms with E-state index < -0.39 is 0 Å². The Balaban J connectivity index is 1.71. The minimum absolute atomic E-state index is 0.829. The summed E-state index contributed by atoms with van der Waals surface area (Å²) in [6, 6.07) is 10.5. The molecular weight excluding hydrogens is 232 g/mol. The minimum Gasteiger partial charge on any atom is -0.384 e. The van der Waals surface area contributed by atoms with Crippen molar-refractivity contribution in [1.29, 1.82) is 0 Å². The molecule has 1 saturated carbocycles. The number of benzene rings is 1. The Morgan fingerprint density at radius 1 is 1.21 bits per heavy atom. The lowest BCUT2D eigenvalue weighted by molar-refractivity contribution is 0.293. The molecule has 0 spiro atoms. The van der Waals surface area contributed by atoms with Gasteiger partial charge < -0.3 is 5.32 Å². The zero-order valence-corrected chi connectivity index (χ0v) is 11.6. The maximum absolute atomic E-state index is 4.41. The van der Waals surface area contributed by atoms with Crippen LogP contribution in [-0.4, -0.2) is 11.5 Å². The van der Waals surface area contributed by atoms with Crippen molar-refractivity contribution in [3.63, 3.8) is 0 Å². The van der Waals surface area contributed by atoms with Crippen LogP contribution in [-0.2, 0) is 0 Å². The first-order chi connectivity index (χ1) is 9.33. The second kappa shape index (κ2) is 5.60. The van der Waals surface area contributed by atoms with E-state index in [0.717, 1.165) is 23.9 Å². The van der Waals surface area contributed by atoms with Gasteiger partial charge in [-0.25, -0.2) is 0 Å². The molecule has 0 saturated heterocycles. The van der Waals surface area contributed by atoms with Gasteiger partial charge in [-0.15, -0.1) is 0 Å². The van der Waals surface area contributed by atoms with Gasteiger partial charge in [0.25, 0.3) is 0 Å². The van der Waals surface area contributed by atoms with Gasteiger partial charge in [0.1, 0.15) is 0 Å². The molecule has 0 bridgehead atoms. The number of pyridine rings is 1. The lowest BCUT2D eigenvalue weighted by atomic mass is 9.82. The van der Waals surface area contributed by atoms with Crippen LogP contribution in [0.4, 0.5) is 5.69 Å². The lowest BCUT2D eigenvalue weighted by Gasteiger charge is -2.27. The van der Waals surface area contributed by atoms with Crippen LogP contribution < -0.4 is 5.32 Å². The average Bonchev–Trinajstić information content (AvgIpc) is 2.45. The topological polar surface area (TPSA) is 24.9 Å². The highest BCUT2D eigenvalue weighted by Gasteiger charge is 2.18. The Kier molecular flexibility index (Phi) is 3.67. The van der Waals surface area contributed by atoms with Crippen molar-refractivity contribution in [2.75, 3.05) is 11.9 Å². The first-order valence-electron chi connectivity index (χ1n) is 7.40. The Hall–Kier alpha value is -1.57. The highest BCUT2D eigenvalue weighted by atomic mass is 14.9. The molecule has 0 aliphatic heterocycles. The molecule has 2 heteroatoms. The molecule has 2 atom stereocenters. The molecule has 1 aliphatic carbocycles. The van der Waals surface area contributed by atoms with Crippen molar-refractivity contribution in [2.45, 2.75) is 32.6 Å². The third-order valence-corrected chi connectivity index (χ3v) is 4.27. The summed E-state index contributed by atoms with van der Waals surface area (Å²) >= 11 is 0. The Labute approximate surface area is 115 Å². The van der Waals surface area contributed by atoms with Gasteiger partial charge in [-0.2, -0.15) is 0 Å². The van der Waals surface area contributed by atoms with Crippen LogP contribution >= 0.6 is 0 Å². The molecule has 2 unspecified atom stereocenters. The summed E-state index contributed by atoms with van der Waals surface area (Å²) in [5, 5.41) is 4.87. The van der Waals surface area contributed by atoms with E-state index in [1.54, 1.807) is 0 Å². The van der Waals surface area contributed by atoms with Gasteiger partial charge in [-0.3, -0.25) is 4.98 Å². The number of anilines is 1. The Morgan fingerprint density at radius 3 is 3.05 bits per heavy atom. The van der Waals surface area contributed by atoms with Crippen molar-refractivity contribution in [1.82, 2.24) is 4.98 Å². The van der Waals surface area contributed by atoms with Crippen molar-refractivity contribution in [3.8, 4) is 0 Å². The van der Waals surface area contributed by atoms with Crippen molar-refractivity contribution >= 4 is 16.6 Å². The summed E-state index contributed by atoms with van der Waals surface area (Å²) in [7, 11) is 0. The Bertz CT molecular complexity index is 544. The van der Waals surface area contributed by atoms with E-state index in [0.29, 0.717) is 0 Å². The predicted molar refractivity (Wildman–Crippen MR) is 81.4 cm³/mol. The zero-order valence-electron chi connectivity index (χ0n) is 11.6. The normalized spacial score (nSPS) is 23.4. The Morgan fingerprint density at radius 2 is 2.16 bits per heavy atom. The predicted octanol–water partition coefficient (Wildman–Crippen LogP) is 4.47. The summed E-state index contributed by atoms with van der Waals surface area (Å²) < 4.78 is 0. The van der Waals surface area contributed by atoms with Crippen LogP contribution in [0.2, 0.25) is 0 Å². The molecule has 1 aromatic heterocycles. The van der Waals surface area contributed by atoms with Crippen LogP contribution in [0.15, 0.2) is 36.5 Å². The van der Waals surface area contributed by atoms with Crippen LogP contribution in [0.3, 0.4) is 0 Å². The van der Waals surface area contributed by atoms with E-state index in [4.69, 9.17) is 0 Å². The number of aromatic nitrogens is 1. The number of rotatable bonds is 3. The summed E-state index contributed by atoms with van der Waals surface area (Å²) in [6.45, 7) is 3.48. The quantitative estimate of drug-likeness (QED) is 0.874. The molecular formula is C17H22N2. The minimum atomic E-state index is 0.829. The molecule has 1 aromatic carbocycles. The maximum atomic E-state index is 4.41. The molecule has 1 fully saturated rings. The first-order valence-corrected chi connectivity index (χ1v) is 7.40. The third kappa shape index (κ3) is 2.89. The van der Waals surface area contributed by atoms with E-state index in [-0.39, 0.29) is 0 Å². The van der Waals surface area contributed by atoms with Crippen molar-refractivity contribution < 1.29 is 0 Å². The molecule has 3 rings (SSSR count). The lowest BCUT2D eigenvalue weighted by Crippen LogP contribution is -2.21. The van der Waals surface area contributed by atoms with Gasteiger partial charge in [0.2, 0.25) is 0 Å². The number of nitrogens with zero attached hydrogens (tertiary/aromatic N) is 1. The SMILES string of the molecule is CC1CCCC(CNc2cccc3ncccc23)C1. The third-order valence-electron chi connectivity index (χ3n) is 4.27. The summed E-state index contributed by atoms with van der Waals surface area (Å²) in [6.07, 6.45) is 7.41. The number of nitrogens with one attached hydrogen (secondary N) is 1. The number of hydrogen-bond donors (Lipinski definition) is 1. The van der Waals surface area contributed by atoms with Crippen LogP contribution in [0.25, 0.3) is 10.9 Å². The van der Waals surface area contributed by atoms with Crippen LogP contribution in [0.5, 0.6) is 0 Å². The number of fused-ring (bicyclic) bond motifs is 1. The van der Waals surface area contributed by atoms with Crippen LogP contribution in [0.1, 0.15) is 32.6 Å². The summed E-state index contributed by atoms with van der Waals surface area (Å²) in [5.41, 5.74) is 2.30. The van der Waals surface area contributed by atoms with E-state index in [9.17, 15) is 0 Å². The second-order valence-corrected chi connectivity index (χ2v) is 5.89. The maximum Gasteiger partial charge on any atom is 0.0722 e. The molecule has 0 amide bonds. The average molecular weight is 254 g/mol. The molecule has 1 heterocycles. The van der Waals surface area contributed by atoms with Crippen LogP contribution in [0, 0.1) is 11.8 Å². The summed E-state index contributed by atoms with van der Waals surface area (Å²) in [4.78, 5) is 4.41. The summed E-state index contributed by atoms with van der Waals surface area (Å²) in [5.74, 6) is 1.73. The molecule has 2 aromatic rings. The molecule has 1 N–H and O–H groups in total. The van der Waals surface area contributed by atoms with E-state index >= 15 is 0 Å². The largest absolute Gasteiger partial charge is 0.384 e. The standard InChI is InChI=1S/C17H22N2/c1-13-5-2-6-14(11-13)12-19-17-9-3-8-16-15(17)7-4-10-18-16/h3-4,7-10,13-14,19H,2,5-6,11-12H2,1H3. The fraction of sp³-hybridized carbons (Fsp3) is 0.471. The molecule has 100 valence electrons. The van der Waals surface area contributed by atoms with Crippen molar-refractivity contribution in [2.24, 2.45) is 11.8 Å². The monoisotopic (exact) mass is 254 g/mol. The van der Waals surface area contributed by atoms with E-state index in [1.165, 1.54) is 36.8 Å². The number of hydrogen-bond acceptors (Lipinski definition) is 2. The van der Waals surface area contributed by atoms with E-state index in [2.05, 4.69) is 41.5 Å². The molecule has 1 aliphatic rings. The van der Waals surface area contributed by atoms with Gasteiger partial charge in [0.05, 0.1) is 5.52 Å². The van der Waals surface area contributed by atoms with Gasteiger partial charge in [-0.1, -0.05) is 25.8 Å². The van der Waals surface area contributed by atoms with Gasteiger partial charge in [0.15, 0.2) is 0 Å². The second-order valence-electron chi connectivity index (χ2n) is 5.89. The first kappa shape index (κ1) is 12.5. The zero-order chi connectivity index (χ0) is 13.1. The van der Waals surface area contributed by atoms with Gasteiger partial charge >= 0.3 is 0 Å². The highest BCUT2D eigenvalue weighted by molar-refractivity contribution is 5.91. The highest BCUT2D eigenvalue weighted by Crippen LogP contribution is 2.29. The van der Waals surface area contributed by atoms with Gasteiger partial charge in [-0.05, 0) is 48.9 Å². The molecule has 0 radical (unpaired) electrons. The molecule has 2 nitrogen and oxygen atoms in total. The molecule has 19 heavy (non-hydrogen) atoms. The fourth-order valence-corrected chi connectivity index (χ4v) is 3.26. The van der Waals surface area contributed by atoms with E-state index in [1.807, 2.05) is 12.3 Å². The fourth-order valence-electron chi connectivity index (χ4n) is 3.26. The van der Waals surface area contributed by atoms with Gasteiger partial charge in [0, 0.05) is 23.8 Å². The smallest absolute Gasteiger partial charge is 0.0722 e. The van der Waals surface area contributed by atoms with Crippen molar-refractivity contribution in [3.05, 3.63) is 36.5 Å².